The van der Waals surface area contributed by atoms with Crippen LogP contribution in [0.3, 0.4) is 0 Å². The van der Waals surface area contributed by atoms with E-state index in [1.807, 2.05) is 12.1 Å². The highest BCUT2D eigenvalue weighted by Gasteiger charge is 2.21. The standard InChI is InChI=1S/C20H24N2O5S/c1-14(2)15-4-7-17(8-5-15)22(28(3,24)25)13-20(23)21-16-6-9-18-19(12-16)27-11-10-26-18/h4-9,12,14H,10-11,13H2,1-3H3,(H,21,23). The second kappa shape index (κ2) is 8.10. The van der Waals surface area contributed by atoms with Gasteiger partial charge in [-0.1, -0.05) is 26.0 Å². The van der Waals surface area contributed by atoms with Crippen LogP contribution in [-0.2, 0) is 14.8 Å². The summed E-state index contributed by atoms with van der Waals surface area (Å²) < 4.78 is 36.5. The minimum absolute atomic E-state index is 0.325. The van der Waals surface area contributed by atoms with Crippen molar-refractivity contribution in [2.45, 2.75) is 19.8 Å². The third kappa shape index (κ3) is 4.75. The number of hydrogen-bond acceptors (Lipinski definition) is 5. The summed E-state index contributed by atoms with van der Waals surface area (Å²) in [5.74, 6) is 1.05. The largest absolute Gasteiger partial charge is 0.486 e. The molecule has 0 radical (unpaired) electrons. The molecule has 8 heteroatoms. The average Bonchev–Trinajstić information content (AvgIpc) is 2.65. The molecule has 7 nitrogen and oxygen atoms in total. The molecule has 1 heterocycles. The van der Waals surface area contributed by atoms with E-state index in [0.717, 1.165) is 16.1 Å². The minimum atomic E-state index is -3.62. The zero-order chi connectivity index (χ0) is 20.3. The molecule has 3 rings (SSSR count). The number of amides is 1. The molecular weight excluding hydrogens is 380 g/mol. The third-order valence-corrected chi connectivity index (χ3v) is 5.50. The van der Waals surface area contributed by atoms with Gasteiger partial charge < -0.3 is 14.8 Å². The summed E-state index contributed by atoms with van der Waals surface area (Å²) in [6.07, 6.45) is 1.08. The Hall–Kier alpha value is -2.74. The molecule has 0 unspecified atom stereocenters. The van der Waals surface area contributed by atoms with Crippen molar-refractivity contribution < 1.29 is 22.7 Å². The van der Waals surface area contributed by atoms with Gasteiger partial charge >= 0.3 is 0 Å². The first kappa shape index (κ1) is 20.0. The number of anilines is 2. The van der Waals surface area contributed by atoms with E-state index in [4.69, 9.17) is 9.47 Å². The van der Waals surface area contributed by atoms with E-state index < -0.39 is 15.9 Å². The van der Waals surface area contributed by atoms with Gasteiger partial charge in [0.2, 0.25) is 15.9 Å². The molecule has 1 N–H and O–H groups in total. The molecule has 0 saturated carbocycles. The smallest absolute Gasteiger partial charge is 0.245 e. The van der Waals surface area contributed by atoms with Gasteiger partial charge in [0.1, 0.15) is 19.8 Å². The summed E-state index contributed by atoms with van der Waals surface area (Å²) in [4.78, 5) is 12.5. The Morgan fingerprint density at radius 1 is 1.07 bits per heavy atom. The van der Waals surface area contributed by atoms with E-state index in [-0.39, 0.29) is 6.54 Å². The van der Waals surface area contributed by atoms with Gasteiger partial charge in [-0.25, -0.2) is 8.42 Å². The van der Waals surface area contributed by atoms with Crippen LogP contribution in [0.15, 0.2) is 42.5 Å². The second-order valence-electron chi connectivity index (χ2n) is 6.92. The molecule has 0 atom stereocenters. The Kier molecular flexibility index (Phi) is 5.79. The number of benzene rings is 2. The topological polar surface area (TPSA) is 84.9 Å². The zero-order valence-corrected chi connectivity index (χ0v) is 17.0. The SMILES string of the molecule is CC(C)c1ccc(N(CC(=O)Nc2ccc3c(c2)OCCO3)S(C)(=O)=O)cc1. The van der Waals surface area contributed by atoms with Crippen LogP contribution in [0.5, 0.6) is 11.5 Å². The maximum absolute atomic E-state index is 12.5. The lowest BCUT2D eigenvalue weighted by atomic mass is 10.0. The summed E-state index contributed by atoms with van der Waals surface area (Å²) >= 11 is 0. The lowest BCUT2D eigenvalue weighted by Crippen LogP contribution is -2.37. The molecule has 2 aromatic carbocycles. The van der Waals surface area contributed by atoms with Gasteiger partial charge in [-0.15, -0.1) is 0 Å². The first-order chi connectivity index (χ1) is 13.2. The lowest BCUT2D eigenvalue weighted by Gasteiger charge is -2.23. The Morgan fingerprint density at radius 2 is 1.71 bits per heavy atom. The molecule has 1 aliphatic heterocycles. The van der Waals surface area contributed by atoms with E-state index >= 15 is 0 Å². The summed E-state index contributed by atoms with van der Waals surface area (Å²) in [5, 5.41) is 2.71. The van der Waals surface area contributed by atoms with Crippen molar-refractivity contribution in [3.05, 3.63) is 48.0 Å². The van der Waals surface area contributed by atoms with Crippen LogP contribution in [0.2, 0.25) is 0 Å². The van der Waals surface area contributed by atoms with Crippen LogP contribution in [0.1, 0.15) is 25.3 Å². The summed E-state index contributed by atoms with van der Waals surface area (Å²) in [5.41, 5.74) is 2.06. The predicted molar refractivity (Wildman–Crippen MR) is 109 cm³/mol. The van der Waals surface area contributed by atoms with E-state index in [1.165, 1.54) is 0 Å². The maximum atomic E-state index is 12.5. The van der Waals surface area contributed by atoms with E-state index in [9.17, 15) is 13.2 Å². The molecule has 2 aromatic rings. The molecule has 0 aliphatic carbocycles. The fourth-order valence-electron chi connectivity index (χ4n) is 2.88. The van der Waals surface area contributed by atoms with Gasteiger partial charge in [0, 0.05) is 11.8 Å². The Labute approximate surface area is 165 Å². The van der Waals surface area contributed by atoms with Crippen molar-refractivity contribution in [2.75, 3.05) is 35.6 Å². The molecule has 0 bridgehead atoms. The van der Waals surface area contributed by atoms with Crippen LogP contribution < -0.4 is 19.1 Å². The lowest BCUT2D eigenvalue weighted by molar-refractivity contribution is -0.114. The number of fused-ring (bicyclic) bond motifs is 1. The molecule has 0 fully saturated rings. The number of nitrogens with one attached hydrogen (secondary N) is 1. The van der Waals surface area contributed by atoms with Crippen LogP contribution in [0.25, 0.3) is 0 Å². The minimum Gasteiger partial charge on any atom is -0.486 e. The van der Waals surface area contributed by atoms with Gasteiger partial charge in [-0.3, -0.25) is 9.10 Å². The molecule has 1 aliphatic rings. The number of carbonyl (C=O) groups excluding carboxylic acids is 1. The van der Waals surface area contributed by atoms with Crippen molar-refractivity contribution in [3.63, 3.8) is 0 Å². The molecule has 28 heavy (non-hydrogen) atoms. The maximum Gasteiger partial charge on any atom is 0.245 e. The highest BCUT2D eigenvalue weighted by molar-refractivity contribution is 7.92. The van der Waals surface area contributed by atoms with Crippen LogP contribution in [0, 0.1) is 0 Å². The van der Waals surface area contributed by atoms with Crippen molar-refractivity contribution in [2.24, 2.45) is 0 Å². The number of hydrogen-bond donors (Lipinski definition) is 1. The Balaban J connectivity index is 1.75. The van der Waals surface area contributed by atoms with Gasteiger partial charge in [0.05, 0.1) is 11.9 Å². The zero-order valence-electron chi connectivity index (χ0n) is 16.1. The molecule has 0 aromatic heterocycles. The van der Waals surface area contributed by atoms with Crippen LogP contribution in [0.4, 0.5) is 11.4 Å². The van der Waals surface area contributed by atoms with Crippen LogP contribution in [-0.4, -0.2) is 40.3 Å². The second-order valence-corrected chi connectivity index (χ2v) is 8.83. The van der Waals surface area contributed by atoms with E-state index in [0.29, 0.717) is 42.0 Å². The summed E-state index contributed by atoms with van der Waals surface area (Å²) in [6.45, 7) is 4.72. The first-order valence-corrected chi connectivity index (χ1v) is 10.9. The fraction of sp³-hybridized carbons (Fsp3) is 0.350. The third-order valence-electron chi connectivity index (χ3n) is 4.36. The fourth-order valence-corrected chi connectivity index (χ4v) is 3.73. The Bertz CT molecular complexity index is 955. The molecule has 1 amide bonds. The number of nitrogens with zero attached hydrogens (tertiary/aromatic N) is 1. The number of sulfonamides is 1. The summed E-state index contributed by atoms with van der Waals surface area (Å²) in [6, 6.07) is 12.2. The van der Waals surface area contributed by atoms with E-state index in [2.05, 4.69) is 19.2 Å². The Morgan fingerprint density at radius 3 is 2.32 bits per heavy atom. The van der Waals surface area contributed by atoms with E-state index in [1.54, 1.807) is 30.3 Å². The van der Waals surface area contributed by atoms with Gasteiger partial charge in [-0.05, 0) is 35.7 Å². The average molecular weight is 404 g/mol. The quantitative estimate of drug-likeness (QED) is 0.800. The van der Waals surface area contributed by atoms with Gasteiger partial charge in [-0.2, -0.15) is 0 Å². The normalized spacial score (nSPS) is 13.3. The highest BCUT2D eigenvalue weighted by atomic mass is 32.2. The van der Waals surface area contributed by atoms with Crippen molar-refractivity contribution in [1.29, 1.82) is 0 Å². The molecule has 150 valence electrons. The summed E-state index contributed by atoms with van der Waals surface area (Å²) in [7, 11) is -3.62. The van der Waals surface area contributed by atoms with Crippen molar-refractivity contribution in [1.82, 2.24) is 0 Å². The van der Waals surface area contributed by atoms with Crippen LogP contribution >= 0.6 is 0 Å². The number of carbonyl (C=O) groups is 1. The van der Waals surface area contributed by atoms with Gasteiger partial charge in [0.25, 0.3) is 0 Å². The van der Waals surface area contributed by atoms with Crippen molar-refractivity contribution in [3.8, 4) is 11.5 Å². The number of ether oxygens (including phenoxy) is 2. The molecule has 0 saturated heterocycles. The predicted octanol–water partition coefficient (Wildman–Crippen LogP) is 2.99. The van der Waals surface area contributed by atoms with Crippen molar-refractivity contribution >= 4 is 27.3 Å². The number of rotatable bonds is 6. The molecular formula is C20H24N2O5S. The van der Waals surface area contributed by atoms with Gasteiger partial charge in [0.15, 0.2) is 11.5 Å². The highest BCUT2D eigenvalue weighted by Crippen LogP contribution is 2.32. The monoisotopic (exact) mass is 404 g/mol. The first-order valence-electron chi connectivity index (χ1n) is 9.01. The molecule has 0 spiro atoms.